The summed E-state index contributed by atoms with van der Waals surface area (Å²) in [5, 5.41) is 8.67. The second kappa shape index (κ2) is 6.06. The van der Waals surface area contributed by atoms with Crippen LogP contribution in [0.15, 0.2) is 42.5 Å². The highest BCUT2D eigenvalue weighted by atomic mass is 32.2. The molecule has 0 fully saturated rings. The molecule has 5 heteroatoms. The lowest BCUT2D eigenvalue weighted by Crippen LogP contribution is -2.09. The summed E-state index contributed by atoms with van der Waals surface area (Å²) in [7, 11) is -3.47. The second-order valence-electron chi connectivity index (χ2n) is 4.94. The highest BCUT2D eigenvalue weighted by Gasteiger charge is 2.16. The Morgan fingerprint density at radius 3 is 2.52 bits per heavy atom. The first-order valence-corrected chi connectivity index (χ1v) is 8.16. The predicted molar refractivity (Wildman–Crippen MR) is 78.6 cm³/mol. The van der Waals surface area contributed by atoms with Gasteiger partial charge >= 0.3 is 0 Å². The molecule has 0 N–H and O–H groups in total. The minimum atomic E-state index is -3.47. The normalized spacial score (nSPS) is 11.1. The van der Waals surface area contributed by atoms with Crippen molar-refractivity contribution in [1.29, 1.82) is 5.26 Å². The third kappa shape index (κ3) is 4.14. The molecular weight excluding hydrogens is 289 g/mol. The summed E-state index contributed by atoms with van der Waals surface area (Å²) in [4.78, 5) is 0. The molecule has 3 nitrogen and oxygen atoms in total. The number of nitrogens with zero attached hydrogens (tertiary/aromatic N) is 1. The molecule has 21 heavy (non-hydrogen) atoms. The molecule has 0 spiro atoms. The highest BCUT2D eigenvalue weighted by molar-refractivity contribution is 7.89. The quantitative estimate of drug-likeness (QED) is 0.872. The minimum Gasteiger partial charge on any atom is -0.228 e. The lowest BCUT2D eigenvalue weighted by Gasteiger charge is -2.07. The van der Waals surface area contributed by atoms with Crippen molar-refractivity contribution in [3.05, 3.63) is 70.5 Å². The van der Waals surface area contributed by atoms with Crippen LogP contribution in [-0.2, 0) is 21.3 Å². The van der Waals surface area contributed by atoms with Gasteiger partial charge in [-0.15, -0.1) is 0 Å². The average Bonchev–Trinajstić information content (AvgIpc) is 2.40. The zero-order valence-corrected chi connectivity index (χ0v) is 12.3. The van der Waals surface area contributed by atoms with Gasteiger partial charge in [-0.3, -0.25) is 0 Å². The van der Waals surface area contributed by atoms with Crippen LogP contribution in [-0.4, -0.2) is 8.42 Å². The molecule has 0 aliphatic rings. The molecule has 108 valence electrons. The van der Waals surface area contributed by atoms with Gasteiger partial charge in [-0.25, -0.2) is 12.8 Å². The Hall–Kier alpha value is -2.19. The van der Waals surface area contributed by atoms with Crippen molar-refractivity contribution in [3.8, 4) is 6.07 Å². The van der Waals surface area contributed by atoms with Gasteiger partial charge in [0.15, 0.2) is 9.84 Å². The van der Waals surface area contributed by atoms with Crippen molar-refractivity contribution < 1.29 is 12.8 Å². The molecule has 0 saturated carbocycles. The second-order valence-corrected chi connectivity index (χ2v) is 7.00. The molecule has 0 aliphatic heterocycles. The molecule has 0 aromatic heterocycles. The van der Waals surface area contributed by atoms with Gasteiger partial charge in [0.1, 0.15) is 5.82 Å². The molecule has 2 aromatic carbocycles. The Morgan fingerprint density at radius 1 is 1.14 bits per heavy atom. The van der Waals surface area contributed by atoms with Gasteiger partial charge in [0, 0.05) is 5.56 Å². The maximum Gasteiger partial charge on any atom is 0.158 e. The topological polar surface area (TPSA) is 57.9 Å². The Kier molecular flexibility index (Phi) is 4.39. The van der Waals surface area contributed by atoms with Crippen LogP contribution < -0.4 is 0 Å². The van der Waals surface area contributed by atoms with Crippen molar-refractivity contribution >= 4 is 9.84 Å². The summed E-state index contributed by atoms with van der Waals surface area (Å²) in [5.41, 5.74) is 1.92. The van der Waals surface area contributed by atoms with E-state index in [9.17, 15) is 12.8 Å². The molecule has 0 amide bonds. The number of benzene rings is 2. The fraction of sp³-hybridized carbons (Fsp3) is 0.188. The van der Waals surface area contributed by atoms with Gasteiger partial charge in [-0.2, -0.15) is 5.26 Å². The van der Waals surface area contributed by atoms with E-state index in [0.717, 1.165) is 11.6 Å². The molecule has 0 unspecified atom stereocenters. The van der Waals surface area contributed by atoms with Gasteiger partial charge in [-0.1, -0.05) is 35.9 Å². The number of aryl methyl sites for hydroxylation is 1. The van der Waals surface area contributed by atoms with E-state index < -0.39 is 15.7 Å². The van der Waals surface area contributed by atoms with Crippen LogP contribution in [0.1, 0.15) is 22.3 Å². The third-order valence-corrected chi connectivity index (χ3v) is 4.55. The Morgan fingerprint density at radius 2 is 1.90 bits per heavy atom. The van der Waals surface area contributed by atoms with Crippen molar-refractivity contribution in [3.63, 3.8) is 0 Å². The maximum atomic E-state index is 13.8. The number of rotatable bonds is 4. The zero-order chi connectivity index (χ0) is 15.5. The Balaban J connectivity index is 2.20. The van der Waals surface area contributed by atoms with E-state index >= 15 is 0 Å². The Bertz CT molecular complexity index is 807. The molecule has 0 radical (unpaired) electrons. The monoisotopic (exact) mass is 303 g/mol. The first kappa shape index (κ1) is 15.2. The summed E-state index contributed by atoms with van der Waals surface area (Å²) in [6.07, 6.45) is 0. The standard InChI is InChI=1S/C16H14FNO2S/c1-12-3-2-4-14(7-12)10-21(19,20)11-15-6-5-13(9-18)8-16(15)17/h2-8H,10-11H2,1H3. The summed E-state index contributed by atoms with van der Waals surface area (Å²) < 4.78 is 38.1. The fourth-order valence-electron chi connectivity index (χ4n) is 2.08. The van der Waals surface area contributed by atoms with Gasteiger partial charge in [0.2, 0.25) is 0 Å². The van der Waals surface area contributed by atoms with E-state index in [4.69, 9.17) is 5.26 Å². The van der Waals surface area contributed by atoms with Crippen LogP contribution in [0.3, 0.4) is 0 Å². The van der Waals surface area contributed by atoms with Gasteiger partial charge in [-0.05, 0) is 24.6 Å². The average molecular weight is 303 g/mol. The molecule has 0 atom stereocenters. The Labute approximate surface area is 123 Å². The minimum absolute atomic E-state index is 0.0849. The molecule has 2 aromatic rings. The van der Waals surface area contributed by atoms with Crippen molar-refractivity contribution in [2.45, 2.75) is 18.4 Å². The summed E-state index contributed by atoms with van der Waals surface area (Å²) >= 11 is 0. The molecule has 0 heterocycles. The fourth-order valence-corrected chi connectivity index (χ4v) is 3.58. The van der Waals surface area contributed by atoms with E-state index in [2.05, 4.69) is 0 Å². The zero-order valence-electron chi connectivity index (χ0n) is 11.5. The lowest BCUT2D eigenvalue weighted by molar-refractivity contribution is 0.586. The summed E-state index contributed by atoms with van der Waals surface area (Å²) in [6, 6.07) is 12.8. The number of halogens is 1. The molecule has 0 aliphatic carbocycles. The van der Waals surface area contributed by atoms with Crippen molar-refractivity contribution in [1.82, 2.24) is 0 Å². The van der Waals surface area contributed by atoms with E-state index in [1.165, 1.54) is 12.1 Å². The number of sulfone groups is 1. The van der Waals surface area contributed by atoms with Gasteiger partial charge < -0.3 is 0 Å². The van der Waals surface area contributed by atoms with Crippen LogP contribution >= 0.6 is 0 Å². The predicted octanol–water partition coefficient (Wildman–Crippen LogP) is 3.12. The van der Waals surface area contributed by atoms with Crippen LogP contribution in [0.4, 0.5) is 4.39 Å². The number of hydrogen-bond donors (Lipinski definition) is 0. The van der Waals surface area contributed by atoms with Gasteiger partial charge in [0.25, 0.3) is 0 Å². The van der Waals surface area contributed by atoms with Gasteiger partial charge in [0.05, 0.1) is 23.1 Å². The van der Waals surface area contributed by atoms with E-state index in [-0.39, 0.29) is 22.6 Å². The number of nitriles is 1. The summed E-state index contributed by atoms with van der Waals surface area (Å²) in [5.74, 6) is -1.17. The van der Waals surface area contributed by atoms with Crippen molar-refractivity contribution in [2.75, 3.05) is 0 Å². The SMILES string of the molecule is Cc1cccc(CS(=O)(=O)Cc2ccc(C#N)cc2F)c1. The molecule has 0 bridgehead atoms. The molecule has 0 saturated heterocycles. The largest absolute Gasteiger partial charge is 0.228 e. The number of hydrogen-bond acceptors (Lipinski definition) is 3. The van der Waals surface area contributed by atoms with E-state index in [1.54, 1.807) is 18.2 Å². The molecule has 2 rings (SSSR count). The first-order chi connectivity index (χ1) is 9.89. The van der Waals surface area contributed by atoms with Crippen LogP contribution in [0.2, 0.25) is 0 Å². The van der Waals surface area contributed by atoms with E-state index in [0.29, 0.717) is 5.56 Å². The maximum absolute atomic E-state index is 13.8. The first-order valence-electron chi connectivity index (χ1n) is 6.34. The molecular formula is C16H14FNO2S. The van der Waals surface area contributed by atoms with E-state index in [1.807, 2.05) is 19.1 Å². The summed E-state index contributed by atoms with van der Waals surface area (Å²) in [6.45, 7) is 1.89. The smallest absolute Gasteiger partial charge is 0.158 e. The van der Waals surface area contributed by atoms with Crippen molar-refractivity contribution in [2.24, 2.45) is 0 Å². The van der Waals surface area contributed by atoms with Crippen LogP contribution in [0.25, 0.3) is 0 Å². The van der Waals surface area contributed by atoms with Crippen LogP contribution in [0.5, 0.6) is 0 Å². The lowest BCUT2D eigenvalue weighted by atomic mass is 10.1. The highest BCUT2D eigenvalue weighted by Crippen LogP contribution is 2.17. The third-order valence-electron chi connectivity index (χ3n) is 3.03. The van der Waals surface area contributed by atoms with Crippen LogP contribution in [0, 0.1) is 24.1 Å².